The van der Waals surface area contributed by atoms with Crippen molar-refractivity contribution in [2.24, 2.45) is 4.99 Å². The minimum atomic E-state index is -0.876. The molecule has 2 aromatic rings. The number of methoxy groups -OCH3 is 1. The molecular weight excluding hydrogens is 448 g/mol. The molecule has 1 unspecified atom stereocenters. The van der Waals surface area contributed by atoms with Gasteiger partial charge in [-0.15, -0.1) is 17.9 Å². The predicted octanol–water partition coefficient (Wildman–Crippen LogP) is 7.55. The quantitative estimate of drug-likeness (QED) is 0.122. The summed E-state index contributed by atoms with van der Waals surface area (Å²) in [4.78, 5) is 23.1. The Morgan fingerprint density at radius 3 is 2.68 bits per heavy atom. The van der Waals surface area contributed by atoms with Gasteiger partial charge >= 0.3 is 5.97 Å². The molecule has 0 saturated heterocycles. The third kappa shape index (κ3) is 7.24. The fraction of sp³-hybridized carbons (Fsp3) is 0.519. The average molecular weight is 487 g/mol. The number of nitrogens with zero attached hydrogens (tertiary/aromatic N) is 2. The van der Waals surface area contributed by atoms with Crippen molar-refractivity contribution in [3.8, 4) is 5.88 Å². The second-order valence-corrected chi connectivity index (χ2v) is 9.57. The summed E-state index contributed by atoms with van der Waals surface area (Å²) in [7, 11) is 1.61. The van der Waals surface area contributed by atoms with Gasteiger partial charge in [0.05, 0.1) is 0 Å². The minimum absolute atomic E-state index is 0.0555. The maximum Gasteiger partial charge on any atom is 0.346 e. The number of thiophene rings is 1. The van der Waals surface area contributed by atoms with Crippen LogP contribution in [-0.2, 0) is 11.2 Å². The largest absolute Gasteiger partial charge is 0.477 e. The number of carboxylic acid groups (broad SMARTS) is 1. The predicted molar refractivity (Wildman–Crippen MR) is 140 cm³/mol. The summed E-state index contributed by atoms with van der Waals surface area (Å²) in [5.41, 5.74) is 3.36. The molecule has 7 heteroatoms. The van der Waals surface area contributed by atoms with E-state index >= 15 is 0 Å². The van der Waals surface area contributed by atoms with E-state index in [1.807, 2.05) is 39.0 Å². The first-order valence-corrected chi connectivity index (χ1v) is 12.9. The zero-order valence-corrected chi connectivity index (χ0v) is 21.9. The summed E-state index contributed by atoms with van der Waals surface area (Å²) in [5, 5.41) is 9.97. The summed E-state index contributed by atoms with van der Waals surface area (Å²) in [6.07, 6.45) is 9.13. The number of rotatable bonds is 15. The summed E-state index contributed by atoms with van der Waals surface area (Å²) in [6.45, 7) is 12.1. The van der Waals surface area contributed by atoms with E-state index in [0.717, 1.165) is 53.8 Å². The molecule has 2 heterocycles. The number of aliphatic imine (C=N–C) groups is 1. The molecule has 0 radical (unpaired) electrons. The molecule has 1 atom stereocenters. The Bertz CT molecular complexity index is 977. The third-order valence-corrected chi connectivity index (χ3v) is 6.76. The molecule has 0 bridgehead atoms. The van der Waals surface area contributed by atoms with Crippen LogP contribution in [0.2, 0.25) is 0 Å². The van der Waals surface area contributed by atoms with Gasteiger partial charge in [-0.3, -0.25) is 0 Å². The van der Waals surface area contributed by atoms with Gasteiger partial charge in [0, 0.05) is 35.9 Å². The Kier molecular flexibility index (Phi) is 11.4. The van der Waals surface area contributed by atoms with Crippen molar-refractivity contribution in [2.45, 2.75) is 84.8 Å². The Morgan fingerprint density at radius 2 is 2.09 bits per heavy atom. The highest BCUT2D eigenvalue weighted by Crippen LogP contribution is 2.38. The number of allylic oxidation sites excluding steroid dienone is 1. The lowest BCUT2D eigenvalue weighted by atomic mass is 9.91. The standard InChI is InChI=1S/C27H38N2O4S/c1-7-10-12-14-19(29-20-15-13-17-28-26(20)33-22(9-3)32-6)24-21(16-11-8-2)34-25(27(30)31)23(24)18(4)5/h7,13,15,17-18,22H,1,8-12,14,16H2,2-6H3,(H,30,31). The number of hydrogen-bond donors (Lipinski definition) is 1. The van der Waals surface area contributed by atoms with E-state index in [0.29, 0.717) is 29.3 Å². The van der Waals surface area contributed by atoms with Crippen LogP contribution < -0.4 is 4.74 Å². The van der Waals surface area contributed by atoms with Crippen LogP contribution in [0.3, 0.4) is 0 Å². The summed E-state index contributed by atoms with van der Waals surface area (Å²) in [6, 6.07) is 3.71. The molecule has 0 aliphatic rings. The zero-order valence-electron chi connectivity index (χ0n) is 21.1. The van der Waals surface area contributed by atoms with Crippen LogP contribution in [-0.4, -0.2) is 35.2 Å². The Hall–Kier alpha value is -2.51. The van der Waals surface area contributed by atoms with Crippen molar-refractivity contribution in [3.63, 3.8) is 0 Å². The van der Waals surface area contributed by atoms with E-state index in [9.17, 15) is 9.90 Å². The first-order valence-electron chi connectivity index (χ1n) is 12.1. The van der Waals surface area contributed by atoms with Gasteiger partial charge in [-0.05, 0) is 55.7 Å². The average Bonchev–Trinajstić information content (AvgIpc) is 3.21. The molecule has 0 spiro atoms. The maximum absolute atomic E-state index is 12.2. The number of carbonyl (C=O) groups is 1. The molecule has 0 aliphatic heterocycles. The van der Waals surface area contributed by atoms with Gasteiger partial charge in [-0.25, -0.2) is 14.8 Å². The Labute approximate surface area is 207 Å². The molecule has 2 aromatic heterocycles. The molecule has 6 nitrogen and oxygen atoms in total. The second-order valence-electron chi connectivity index (χ2n) is 8.46. The van der Waals surface area contributed by atoms with Gasteiger partial charge in [-0.2, -0.15) is 0 Å². The minimum Gasteiger partial charge on any atom is -0.477 e. The Balaban J connectivity index is 2.72. The van der Waals surface area contributed by atoms with Crippen LogP contribution in [0.4, 0.5) is 5.69 Å². The highest BCUT2D eigenvalue weighted by molar-refractivity contribution is 7.14. The van der Waals surface area contributed by atoms with Crippen LogP contribution in [0.25, 0.3) is 0 Å². The Morgan fingerprint density at radius 1 is 1.32 bits per heavy atom. The van der Waals surface area contributed by atoms with Gasteiger partial charge in [0.25, 0.3) is 0 Å². The van der Waals surface area contributed by atoms with Crippen LogP contribution in [0.15, 0.2) is 36.0 Å². The fourth-order valence-electron chi connectivity index (χ4n) is 3.81. The van der Waals surface area contributed by atoms with Crippen LogP contribution in [0, 0.1) is 0 Å². The van der Waals surface area contributed by atoms with Crippen LogP contribution in [0.1, 0.15) is 97.8 Å². The number of aromatic carboxylic acids is 1. The molecule has 186 valence electrons. The number of carboxylic acids is 1. The number of hydrogen-bond acceptors (Lipinski definition) is 6. The van der Waals surface area contributed by atoms with Gasteiger partial charge < -0.3 is 14.6 Å². The van der Waals surface area contributed by atoms with Gasteiger partial charge in [-0.1, -0.05) is 40.2 Å². The molecule has 0 amide bonds. The highest BCUT2D eigenvalue weighted by atomic mass is 32.1. The van der Waals surface area contributed by atoms with Crippen molar-refractivity contribution in [1.82, 2.24) is 4.98 Å². The molecular formula is C27H38N2O4S. The number of unbranched alkanes of at least 4 members (excludes halogenated alkanes) is 2. The van der Waals surface area contributed by atoms with E-state index in [4.69, 9.17) is 14.5 Å². The van der Waals surface area contributed by atoms with Crippen molar-refractivity contribution in [3.05, 3.63) is 51.9 Å². The van der Waals surface area contributed by atoms with Crippen LogP contribution >= 0.6 is 11.3 Å². The number of aromatic nitrogens is 1. The van der Waals surface area contributed by atoms with Crippen LogP contribution in [0.5, 0.6) is 5.88 Å². The molecule has 0 aromatic carbocycles. The number of ether oxygens (including phenoxy) is 2. The summed E-state index contributed by atoms with van der Waals surface area (Å²) in [5.74, 6) is -0.411. The van der Waals surface area contributed by atoms with Crippen molar-refractivity contribution in [1.29, 1.82) is 0 Å². The smallest absolute Gasteiger partial charge is 0.346 e. The number of pyridine rings is 1. The van der Waals surface area contributed by atoms with E-state index in [2.05, 4.69) is 18.5 Å². The maximum atomic E-state index is 12.2. The van der Waals surface area contributed by atoms with Crippen molar-refractivity contribution in [2.75, 3.05) is 7.11 Å². The molecule has 0 saturated carbocycles. The monoisotopic (exact) mass is 486 g/mol. The van der Waals surface area contributed by atoms with Crippen molar-refractivity contribution < 1.29 is 19.4 Å². The lowest BCUT2D eigenvalue weighted by Gasteiger charge is -2.17. The lowest BCUT2D eigenvalue weighted by molar-refractivity contribution is -0.0570. The summed E-state index contributed by atoms with van der Waals surface area (Å²) < 4.78 is 11.4. The first-order chi connectivity index (χ1) is 16.4. The van der Waals surface area contributed by atoms with E-state index < -0.39 is 12.3 Å². The molecule has 0 aliphatic carbocycles. The second kappa shape index (κ2) is 14.0. The molecule has 1 N–H and O–H groups in total. The normalized spacial score (nSPS) is 12.7. The van der Waals surface area contributed by atoms with E-state index in [1.165, 1.54) is 11.3 Å². The van der Waals surface area contributed by atoms with Gasteiger partial charge in [0.1, 0.15) is 10.6 Å². The zero-order chi connectivity index (χ0) is 25.1. The highest BCUT2D eigenvalue weighted by Gasteiger charge is 2.27. The number of aryl methyl sites for hydroxylation is 1. The fourth-order valence-corrected chi connectivity index (χ4v) is 5.17. The topological polar surface area (TPSA) is 81.0 Å². The molecule has 0 fully saturated rings. The van der Waals surface area contributed by atoms with E-state index in [1.54, 1.807) is 13.3 Å². The van der Waals surface area contributed by atoms with E-state index in [-0.39, 0.29) is 5.92 Å². The molecule has 34 heavy (non-hydrogen) atoms. The van der Waals surface area contributed by atoms with Gasteiger partial charge in [0.15, 0.2) is 0 Å². The van der Waals surface area contributed by atoms with Gasteiger partial charge in [0.2, 0.25) is 12.2 Å². The van der Waals surface area contributed by atoms with Crippen molar-refractivity contribution >= 4 is 28.7 Å². The first kappa shape index (κ1) is 27.7. The lowest BCUT2D eigenvalue weighted by Crippen LogP contribution is -2.18. The molecule has 2 rings (SSSR count). The SMILES string of the molecule is C=CCCCC(=Nc1cccnc1OC(CC)OC)c1c(CCCC)sc(C(=O)O)c1C(C)C. The third-order valence-electron chi connectivity index (χ3n) is 5.50. The summed E-state index contributed by atoms with van der Waals surface area (Å²) >= 11 is 1.40.